The van der Waals surface area contributed by atoms with Crippen molar-refractivity contribution in [2.45, 2.75) is 45.6 Å². The molecular weight excluding hydrogens is 240 g/mol. The van der Waals surface area contributed by atoms with Crippen LogP contribution in [0, 0.1) is 5.92 Å². The lowest BCUT2D eigenvalue weighted by Gasteiger charge is -2.22. The molecule has 1 fully saturated rings. The van der Waals surface area contributed by atoms with Gasteiger partial charge in [-0.15, -0.1) is 0 Å². The fraction of sp³-hybridized carbons (Fsp3) is 0.714. The summed E-state index contributed by atoms with van der Waals surface area (Å²) in [5.74, 6) is 2.18. The van der Waals surface area contributed by atoms with Gasteiger partial charge in [0.2, 0.25) is 0 Å². The zero-order valence-corrected chi connectivity index (χ0v) is 11.8. The highest BCUT2D eigenvalue weighted by Gasteiger charge is 2.27. The summed E-state index contributed by atoms with van der Waals surface area (Å²) in [4.78, 5) is 8.68. The summed E-state index contributed by atoms with van der Waals surface area (Å²) < 4.78 is 0. The third-order valence-corrected chi connectivity index (χ3v) is 3.86. The summed E-state index contributed by atoms with van der Waals surface area (Å²) in [6.07, 6.45) is 5.87. The molecule has 1 aliphatic rings. The number of nitrogens with zero attached hydrogens (tertiary/aromatic N) is 2. The second kappa shape index (κ2) is 6.70. The van der Waals surface area contributed by atoms with E-state index in [1.54, 1.807) is 6.33 Å². The van der Waals surface area contributed by atoms with Crippen LogP contribution in [0.15, 0.2) is 6.33 Å². The van der Waals surface area contributed by atoms with Crippen LogP contribution >= 0.6 is 0 Å². The fourth-order valence-electron chi connectivity index (χ4n) is 2.81. The maximum Gasteiger partial charge on any atom is 0.134 e. The van der Waals surface area contributed by atoms with E-state index in [4.69, 9.17) is 0 Å². The smallest absolute Gasteiger partial charge is 0.134 e. The average molecular weight is 264 g/mol. The first-order chi connectivity index (χ1) is 9.30. The molecule has 19 heavy (non-hydrogen) atoms. The number of hydrogen-bond acceptors (Lipinski definition) is 5. The number of nitrogens with one attached hydrogen (secondary N) is 2. The first-order valence-corrected chi connectivity index (χ1v) is 7.25. The SMILES string of the molecule is CCNc1ncnc(NC2CCCC2CO)c1CC. The largest absolute Gasteiger partial charge is 0.396 e. The van der Waals surface area contributed by atoms with E-state index in [0.717, 1.165) is 43.0 Å². The Bertz CT molecular complexity index is 410. The van der Waals surface area contributed by atoms with E-state index < -0.39 is 0 Å². The van der Waals surface area contributed by atoms with Gasteiger partial charge in [-0.2, -0.15) is 0 Å². The average Bonchev–Trinajstić information content (AvgIpc) is 2.87. The molecule has 5 nitrogen and oxygen atoms in total. The molecule has 106 valence electrons. The molecule has 1 aromatic heterocycles. The Morgan fingerprint density at radius 3 is 2.74 bits per heavy atom. The molecule has 1 heterocycles. The third-order valence-electron chi connectivity index (χ3n) is 3.86. The van der Waals surface area contributed by atoms with Crippen LogP contribution in [0.5, 0.6) is 0 Å². The number of hydrogen-bond donors (Lipinski definition) is 3. The second-order valence-electron chi connectivity index (χ2n) is 5.06. The van der Waals surface area contributed by atoms with Crippen LogP contribution in [0.2, 0.25) is 0 Å². The molecule has 0 spiro atoms. The summed E-state index contributed by atoms with van der Waals surface area (Å²) in [6, 6.07) is 0.333. The summed E-state index contributed by atoms with van der Waals surface area (Å²) in [6.45, 7) is 5.28. The van der Waals surface area contributed by atoms with Crippen LogP contribution in [0.25, 0.3) is 0 Å². The Labute approximate surface area is 114 Å². The van der Waals surface area contributed by atoms with Crippen LogP contribution in [-0.4, -0.2) is 34.3 Å². The van der Waals surface area contributed by atoms with Crippen molar-refractivity contribution < 1.29 is 5.11 Å². The van der Waals surface area contributed by atoms with E-state index in [0.29, 0.717) is 12.0 Å². The maximum atomic E-state index is 9.39. The predicted molar refractivity (Wildman–Crippen MR) is 77.4 cm³/mol. The highest BCUT2D eigenvalue weighted by molar-refractivity contribution is 5.57. The molecule has 2 atom stereocenters. The summed E-state index contributed by atoms with van der Waals surface area (Å²) in [5.41, 5.74) is 1.13. The van der Waals surface area contributed by atoms with Crippen molar-refractivity contribution in [2.75, 3.05) is 23.8 Å². The van der Waals surface area contributed by atoms with E-state index in [1.165, 1.54) is 6.42 Å². The number of aliphatic hydroxyl groups is 1. The molecule has 5 heteroatoms. The number of aromatic nitrogens is 2. The van der Waals surface area contributed by atoms with Gasteiger partial charge >= 0.3 is 0 Å². The van der Waals surface area contributed by atoms with Crippen molar-refractivity contribution in [2.24, 2.45) is 5.92 Å². The zero-order valence-electron chi connectivity index (χ0n) is 11.8. The molecule has 1 aliphatic carbocycles. The van der Waals surface area contributed by atoms with Crippen LogP contribution in [-0.2, 0) is 6.42 Å². The van der Waals surface area contributed by atoms with Gasteiger partial charge in [0.25, 0.3) is 0 Å². The molecular formula is C14H24N4O. The minimum absolute atomic E-state index is 0.254. The Kier molecular flexibility index (Phi) is 4.96. The van der Waals surface area contributed by atoms with Gasteiger partial charge in [0.1, 0.15) is 18.0 Å². The molecule has 2 unspecified atom stereocenters. The highest BCUT2D eigenvalue weighted by Crippen LogP contribution is 2.29. The van der Waals surface area contributed by atoms with Gasteiger partial charge in [0.15, 0.2) is 0 Å². The normalized spacial score (nSPS) is 22.5. The number of rotatable bonds is 6. The van der Waals surface area contributed by atoms with Crippen LogP contribution in [0.3, 0.4) is 0 Å². The van der Waals surface area contributed by atoms with E-state index in [-0.39, 0.29) is 6.61 Å². The van der Waals surface area contributed by atoms with E-state index in [2.05, 4.69) is 34.4 Å². The van der Waals surface area contributed by atoms with Crippen molar-refractivity contribution in [3.8, 4) is 0 Å². The molecule has 1 saturated carbocycles. The van der Waals surface area contributed by atoms with Crippen molar-refractivity contribution in [3.05, 3.63) is 11.9 Å². The third kappa shape index (κ3) is 3.15. The molecule has 0 saturated heterocycles. The van der Waals surface area contributed by atoms with Gasteiger partial charge in [-0.1, -0.05) is 13.3 Å². The van der Waals surface area contributed by atoms with Crippen molar-refractivity contribution >= 4 is 11.6 Å². The molecule has 1 aromatic rings. The molecule has 0 bridgehead atoms. The van der Waals surface area contributed by atoms with Gasteiger partial charge in [0, 0.05) is 30.7 Å². The fourth-order valence-corrected chi connectivity index (χ4v) is 2.81. The molecule has 0 aliphatic heterocycles. The zero-order chi connectivity index (χ0) is 13.7. The Morgan fingerprint density at radius 1 is 1.26 bits per heavy atom. The lowest BCUT2D eigenvalue weighted by atomic mass is 10.0. The Hall–Kier alpha value is -1.36. The first kappa shape index (κ1) is 14.1. The van der Waals surface area contributed by atoms with Crippen LogP contribution in [0.4, 0.5) is 11.6 Å². The summed E-state index contributed by atoms with van der Waals surface area (Å²) >= 11 is 0. The number of aliphatic hydroxyl groups excluding tert-OH is 1. The summed E-state index contributed by atoms with van der Waals surface area (Å²) in [7, 11) is 0. The minimum atomic E-state index is 0.254. The lowest BCUT2D eigenvalue weighted by molar-refractivity contribution is 0.222. The monoisotopic (exact) mass is 264 g/mol. The molecule has 2 rings (SSSR count). The highest BCUT2D eigenvalue weighted by atomic mass is 16.3. The Balaban J connectivity index is 2.17. The first-order valence-electron chi connectivity index (χ1n) is 7.25. The summed E-state index contributed by atoms with van der Waals surface area (Å²) in [5, 5.41) is 16.2. The topological polar surface area (TPSA) is 70.1 Å². The molecule has 3 N–H and O–H groups in total. The van der Waals surface area contributed by atoms with Gasteiger partial charge in [-0.05, 0) is 26.2 Å². The van der Waals surface area contributed by atoms with Crippen molar-refractivity contribution in [1.82, 2.24) is 9.97 Å². The molecule has 0 aromatic carbocycles. The van der Waals surface area contributed by atoms with Crippen molar-refractivity contribution in [1.29, 1.82) is 0 Å². The number of anilines is 2. The quantitative estimate of drug-likeness (QED) is 0.733. The van der Waals surface area contributed by atoms with Gasteiger partial charge < -0.3 is 15.7 Å². The maximum absolute atomic E-state index is 9.39. The van der Waals surface area contributed by atoms with Crippen LogP contribution in [0.1, 0.15) is 38.7 Å². The van der Waals surface area contributed by atoms with Crippen LogP contribution < -0.4 is 10.6 Å². The van der Waals surface area contributed by atoms with Crippen molar-refractivity contribution in [3.63, 3.8) is 0 Å². The van der Waals surface area contributed by atoms with E-state index in [1.807, 2.05) is 0 Å². The minimum Gasteiger partial charge on any atom is -0.396 e. The standard InChI is InChI=1S/C14H24N4O/c1-3-11-13(15-4-2)16-9-17-14(11)18-12-7-5-6-10(12)8-19/h9-10,12,19H,3-8H2,1-2H3,(H2,15,16,17,18). The predicted octanol–water partition coefficient (Wildman–Crippen LogP) is 2.04. The van der Waals surface area contributed by atoms with Gasteiger partial charge in [-0.3, -0.25) is 0 Å². The van der Waals surface area contributed by atoms with E-state index >= 15 is 0 Å². The van der Waals surface area contributed by atoms with Gasteiger partial charge in [-0.25, -0.2) is 9.97 Å². The molecule has 0 radical (unpaired) electrons. The van der Waals surface area contributed by atoms with Gasteiger partial charge in [0.05, 0.1) is 0 Å². The van der Waals surface area contributed by atoms with E-state index in [9.17, 15) is 5.11 Å². The second-order valence-corrected chi connectivity index (χ2v) is 5.06. The lowest BCUT2D eigenvalue weighted by Crippen LogP contribution is -2.27. The molecule has 0 amide bonds. The Morgan fingerprint density at radius 2 is 2.05 bits per heavy atom.